The molecule has 1 aliphatic heterocycles. The van der Waals surface area contributed by atoms with Gasteiger partial charge in [0.05, 0.1) is 11.4 Å². The molecule has 0 bridgehead atoms. The average Bonchev–Trinajstić information content (AvgIpc) is 3.02. The lowest BCUT2D eigenvalue weighted by atomic mass is 10.1. The van der Waals surface area contributed by atoms with Gasteiger partial charge >= 0.3 is 0 Å². The van der Waals surface area contributed by atoms with Crippen LogP contribution in [0.3, 0.4) is 0 Å². The van der Waals surface area contributed by atoms with E-state index in [-0.39, 0.29) is 5.75 Å². The third-order valence-corrected chi connectivity index (χ3v) is 4.43. The van der Waals surface area contributed by atoms with E-state index in [1.54, 1.807) is 0 Å². The smallest absolute Gasteiger partial charge is 0.238 e. The van der Waals surface area contributed by atoms with Crippen LogP contribution in [-0.4, -0.2) is 18.0 Å². The Morgan fingerprint density at radius 2 is 2.12 bits per heavy atom. The molecule has 1 fully saturated rings. The van der Waals surface area contributed by atoms with Gasteiger partial charge in [-0.05, 0) is 25.7 Å². The van der Waals surface area contributed by atoms with Crippen LogP contribution >= 0.6 is 10.7 Å². The molecule has 94 valence electrons. The van der Waals surface area contributed by atoms with Gasteiger partial charge in [-0.25, -0.2) is 13.4 Å². The molecule has 0 unspecified atom stereocenters. The first-order chi connectivity index (χ1) is 8.04. The van der Waals surface area contributed by atoms with Crippen LogP contribution in [0, 0.1) is 0 Å². The molecule has 0 aromatic carbocycles. The fraction of sp³-hybridized carbons (Fsp3) is 0.727. The monoisotopic (exact) mass is 274 g/mol. The van der Waals surface area contributed by atoms with Gasteiger partial charge in [0.25, 0.3) is 0 Å². The largest absolute Gasteiger partial charge is 0.331 e. The molecule has 1 aliphatic carbocycles. The van der Waals surface area contributed by atoms with E-state index in [4.69, 9.17) is 10.7 Å². The lowest BCUT2D eigenvalue weighted by Crippen LogP contribution is -2.14. The molecule has 0 spiro atoms. The lowest BCUT2D eigenvalue weighted by molar-refractivity contribution is 0.511. The highest BCUT2D eigenvalue weighted by atomic mass is 35.7. The summed E-state index contributed by atoms with van der Waals surface area (Å²) in [5, 5.41) is 0. The third kappa shape index (κ3) is 2.36. The van der Waals surface area contributed by atoms with Gasteiger partial charge in [-0.3, -0.25) is 0 Å². The number of imidazole rings is 1. The molecule has 1 saturated carbocycles. The van der Waals surface area contributed by atoms with E-state index in [1.165, 1.54) is 0 Å². The molecule has 4 nitrogen and oxygen atoms in total. The van der Waals surface area contributed by atoms with Crippen molar-refractivity contribution in [3.8, 4) is 0 Å². The maximum Gasteiger partial charge on any atom is 0.238 e. The van der Waals surface area contributed by atoms with Gasteiger partial charge < -0.3 is 4.57 Å². The van der Waals surface area contributed by atoms with Crippen molar-refractivity contribution in [2.24, 2.45) is 0 Å². The van der Waals surface area contributed by atoms with Crippen LogP contribution in [0.1, 0.15) is 48.8 Å². The summed E-state index contributed by atoms with van der Waals surface area (Å²) in [7, 11) is 1.90. The number of hydrogen-bond acceptors (Lipinski definition) is 3. The summed E-state index contributed by atoms with van der Waals surface area (Å²) in [6.45, 7) is 0.886. The number of rotatable bonds is 3. The highest BCUT2D eigenvalue weighted by Crippen LogP contribution is 2.42. The predicted octanol–water partition coefficient (Wildman–Crippen LogP) is 2.17. The summed E-state index contributed by atoms with van der Waals surface area (Å²) < 4.78 is 24.7. The van der Waals surface area contributed by atoms with Crippen molar-refractivity contribution in [1.82, 2.24) is 9.55 Å². The van der Waals surface area contributed by atoms with Crippen LogP contribution in [0.5, 0.6) is 0 Å². The Kier molecular flexibility index (Phi) is 2.70. The molecular weight excluding hydrogens is 260 g/mol. The number of aromatic nitrogens is 2. The normalized spacial score (nSPS) is 20.3. The van der Waals surface area contributed by atoms with E-state index in [2.05, 4.69) is 9.55 Å². The third-order valence-electron chi connectivity index (χ3n) is 3.49. The van der Waals surface area contributed by atoms with Crippen LogP contribution < -0.4 is 0 Å². The Hall–Kier alpha value is -0.550. The number of hydrogen-bond donors (Lipinski definition) is 0. The van der Waals surface area contributed by atoms with Crippen molar-refractivity contribution in [2.75, 3.05) is 0 Å². The molecular formula is C11H15ClN2O2S. The van der Waals surface area contributed by atoms with Gasteiger partial charge in [0.2, 0.25) is 9.05 Å². The minimum absolute atomic E-state index is 0.0760. The molecule has 6 heteroatoms. The fourth-order valence-corrected chi connectivity index (χ4v) is 3.51. The minimum atomic E-state index is -3.50. The molecule has 0 radical (unpaired) electrons. The number of fused-ring (bicyclic) bond motifs is 1. The van der Waals surface area contributed by atoms with Crippen LogP contribution in [0.4, 0.5) is 0 Å². The second-order valence-corrected chi connectivity index (χ2v) is 7.70. The van der Waals surface area contributed by atoms with E-state index >= 15 is 0 Å². The van der Waals surface area contributed by atoms with E-state index in [0.717, 1.165) is 55.9 Å². The molecule has 17 heavy (non-hydrogen) atoms. The highest BCUT2D eigenvalue weighted by molar-refractivity contribution is 8.13. The van der Waals surface area contributed by atoms with Crippen molar-refractivity contribution in [3.63, 3.8) is 0 Å². The Balaban J connectivity index is 2.05. The molecule has 1 aromatic rings. The minimum Gasteiger partial charge on any atom is -0.331 e. The first kappa shape index (κ1) is 11.5. The Morgan fingerprint density at radius 3 is 2.76 bits per heavy atom. The maximum atomic E-state index is 11.3. The fourth-order valence-electron chi connectivity index (χ4n) is 2.56. The zero-order chi connectivity index (χ0) is 12.0. The van der Waals surface area contributed by atoms with Gasteiger partial charge in [-0.2, -0.15) is 0 Å². The molecule has 2 heterocycles. The van der Waals surface area contributed by atoms with Crippen molar-refractivity contribution in [3.05, 3.63) is 17.2 Å². The number of aryl methyl sites for hydroxylation is 1. The van der Waals surface area contributed by atoms with Crippen LogP contribution in [-0.2, 0) is 27.8 Å². The van der Waals surface area contributed by atoms with Crippen molar-refractivity contribution in [2.45, 2.75) is 50.3 Å². The molecule has 0 amide bonds. The van der Waals surface area contributed by atoms with E-state index in [9.17, 15) is 8.42 Å². The first-order valence-electron chi connectivity index (χ1n) is 6.05. The molecule has 0 saturated heterocycles. The molecule has 3 rings (SSSR count). The van der Waals surface area contributed by atoms with Crippen molar-refractivity contribution >= 4 is 19.7 Å². The lowest BCUT2D eigenvalue weighted by Gasteiger charge is -2.15. The van der Waals surface area contributed by atoms with E-state index in [1.807, 2.05) is 0 Å². The molecule has 0 N–H and O–H groups in total. The quantitative estimate of drug-likeness (QED) is 0.794. The number of nitrogens with zero attached hydrogens (tertiary/aromatic N) is 2. The van der Waals surface area contributed by atoms with E-state index in [0.29, 0.717) is 5.92 Å². The molecule has 0 atom stereocenters. The summed E-state index contributed by atoms with van der Waals surface area (Å²) in [5.74, 6) is 1.45. The summed E-state index contributed by atoms with van der Waals surface area (Å²) in [6, 6.07) is 0. The van der Waals surface area contributed by atoms with E-state index < -0.39 is 9.05 Å². The van der Waals surface area contributed by atoms with Gasteiger partial charge in [-0.15, -0.1) is 0 Å². The average molecular weight is 275 g/mol. The van der Waals surface area contributed by atoms with Crippen molar-refractivity contribution < 1.29 is 8.42 Å². The topological polar surface area (TPSA) is 52.0 Å². The summed E-state index contributed by atoms with van der Waals surface area (Å²) >= 11 is 0. The Labute approximate surface area is 105 Å². The zero-order valence-corrected chi connectivity index (χ0v) is 11.1. The van der Waals surface area contributed by atoms with Crippen molar-refractivity contribution in [1.29, 1.82) is 0 Å². The SMILES string of the molecule is O=S(=O)(Cl)Cc1c(C2CC2)nc2n1CCCC2. The summed E-state index contributed by atoms with van der Waals surface area (Å²) in [6.07, 6.45) is 5.47. The second kappa shape index (κ2) is 3.99. The molecule has 1 aromatic heterocycles. The summed E-state index contributed by atoms with van der Waals surface area (Å²) in [4.78, 5) is 4.64. The zero-order valence-electron chi connectivity index (χ0n) is 9.52. The summed E-state index contributed by atoms with van der Waals surface area (Å²) in [5.41, 5.74) is 1.84. The first-order valence-corrected chi connectivity index (χ1v) is 8.53. The Morgan fingerprint density at radius 1 is 1.35 bits per heavy atom. The standard InChI is InChI=1S/C11H15ClN2O2S/c12-17(15,16)7-9-11(8-4-5-8)13-10-3-1-2-6-14(9)10/h8H,1-7H2. The van der Waals surface area contributed by atoms with Gasteiger partial charge in [0.1, 0.15) is 11.6 Å². The van der Waals surface area contributed by atoms with Crippen LogP contribution in [0.2, 0.25) is 0 Å². The second-order valence-electron chi connectivity index (χ2n) is 4.93. The maximum absolute atomic E-state index is 11.3. The highest BCUT2D eigenvalue weighted by Gasteiger charge is 2.33. The molecule has 2 aliphatic rings. The number of halogens is 1. The van der Waals surface area contributed by atoms with Gasteiger partial charge in [-0.1, -0.05) is 0 Å². The van der Waals surface area contributed by atoms with Gasteiger partial charge in [0.15, 0.2) is 0 Å². The van der Waals surface area contributed by atoms with Crippen LogP contribution in [0.25, 0.3) is 0 Å². The van der Waals surface area contributed by atoms with Gasteiger partial charge in [0, 0.05) is 29.6 Å². The predicted molar refractivity (Wildman–Crippen MR) is 65.6 cm³/mol. The van der Waals surface area contributed by atoms with Crippen LogP contribution in [0.15, 0.2) is 0 Å². The Bertz CT molecular complexity index is 546.